The molecule has 0 atom stereocenters. The molecule has 0 aliphatic rings. The van der Waals surface area contributed by atoms with Crippen molar-refractivity contribution in [1.82, 2.24) is 4.98 Å². The predicted octanol–water partition coefficient (Wildman–Crippen LogP) is 3.73. The van der Waals surface area contributed by atoms with Crippen molar-refractivity contribution in [2.45, 2.75) is 18.2 Å². The Balaban J connectivity index is 2.02. The van der Waals surface area contributed by atoms with Crippen LogP contribution in [0.2, 0.25) is 0 Å². The molecule has 88 valence electrons. The average molecular weight is 263 g/mol. The van der Waals surface area contributed by atoms with Gasteiger partial charge in [-0.2, -0.15) is 0 Å². The summed E-state index contributed by atoms with van der Waals surface area (Å²) >= 11 is 3.06. The molecule has 0 unspecified atom stereocenters. The van der Waals surface area contributed by atoms with Gasteiger partial charge >= 0.3 is 0 Å². The summed E-state index contributed by atoms with van der Waals surface area (Å²) in [6, 6.07) is 5.85. The van der Waals surface area contributed by atoms with Gasteiger partial charge in [0.2, 0.25) is 0 Å². The highest BCUT2D eigenvalue weighted by Crippen LogP contribution is 2.21. The molecule has 2 nitrogen and oxygen atoms in total. The molecular weight excluding hydrogens is 250 g/mol. The highest BCUT2D eigenvalue weighted by molar-refractivity contribution is 8.01. The Hall–Kier alpha value is -1.13. The molecule has 1 aromatic heterocycles. The maximum Gasteiger partial charge on any atom is 0.173 e. The minimum Gasteiger partial charge on any atom is -0.293 e. The molecule has 1 aromatic carbocycles. The van der Waals surface area contributed by atoms with Crippen LogP contribution < -0.4 is 0 Å². The van der Waals surface area contributed by atoms with Gasteiger partial charge in [-0.05, 0) is 31.0 Å². The topological polar surface area (TPSA) is 30.0 Å². The first-order chi connectivity index (χ1) is 8.16. The van der Waals surface area contributed by atoms with E-state index in [1.54, 1.807) is 17.5 Å². The zero-order valence-corrected chi connectivity index (χ0v) is 11.4. The van der Waals surface area contributed by atoms with E-state index in [0.29, 0.717) is 5.75 Å². The minimum atomic E-state index is 0.160. The number of Topliss-reactive ketones (excluding diaryl/α,β-unsaturated/α-hetero) is 1. The van der Waals surface area contributed by atoms with Crippen LogP contribution in [0.15, 0.2) is 34.1 Å². The SMILES string of the molecule is Cc1ccc(C(=O)CSc2nccs2)cc1C. The number of rotatable bonds is 4. The number of aryl methyl sites for hydroxylation is 2. The van der Waals surface area contributed by atoms with Crippen molar-refractivity contribution < 1.29 is 4.79 Å². The summed E-state index contributed by atoms with van der Waals surface area (Å²) in [6.45, 7) is 4.08. The van der Waals surface area contributed by atoms with Crippen LogP contribution in [0.5, 0.6) is 0 Å². The first-order valence-corrected chi connectivity index (χ1v) is 7.16. The van der Waals surface area contributed by atoms with Crippen LogP contribution in [0.3, 0.4) is 0 Å². The summed E-state index contributed by atoms with van der Waals surface area (Å²) < 4.78 is 0.946. The summed E-state index contributed by atoms with van der Waals surface area (Å²) in [5.41, 5.74) is 3.17. The highest BCUT2D eigenvalue weighted by Gasteiger charge is 2.08. The molecule has 1 heterocycles. The van der Waals surface area contributed by atoms with E-state index in [0.717, 1.165) is 15.5 Å². The molecule has 0 radical (unpaired) electrons. The van der Waals surface area contributed by atoms with Gasteiger partial charge in [-0.3, -0.25) is 4.79 Å². The van der Waals surface area contributed by atoms with Crippen LogP contribution >= 0.6 is 23.1 Å². The molecule has 0 aliphatic carbocycles. The van der Waals surface area contributed by atoms with Gasteiger partial charge < -0.3 is 0 Å². The van der Waals surface area contributed by atoms with Gasteiger partial charge in [0.05, 0.1) is 5.75 Å². The Morgan fingerprint density at radius 1 is 1.35 bits per heavy atom. The number of hydrogen-bond donors (Lipinski definition) is 0. The third-order valence-corrected chi connectivity index (χ3v) is 4.53. The van der Waals surface area contributed by atoms with Crippen LogP contribution in [-0.4, -0.2) is 16.5 Å². The molecule has 0 amide bonds. The summed E-state index contributed by atoms with van der Waals surface area (Å²) in [7, 11) is 0. The quantitative estimate of drug-likeness (QED) is 0.622. The first-order valence-electron chi connectivity index (χ1n) is 5.29. The standard InChI is InChI=1S/C13H13NOS2/c1-9-3-4-11(7-10(9)2)12(15)8-17-13-14-5-6-16-13/h3-7H,8H2,1-2H3. The van der Waals surface area contributed by atoms with E-state index in [4.69, 9.17) is 0 Å². The molecule has 0 N–H and O–H groups in total. The van der Waals surface area contributed by atoms with E-state index in [1.165, 1.54) is 17.3 Å². The molecule has 0 aliphatic heterocycles. The fourth-order valence-corrected chi connectivity index (χ4v) is 2.94. The summed E-state index contributed by atoms with van der Waals surface area (Å²) in [6.07, 6.45) is 1.76. The molecule has 2 aromatic rings. The van der Waals surface area contributed by atoms with Crippen LogP contribution in [0.25, 0.3) is 0 Å². The highest BCUT2D eigenvalue weighted by atomic mass is 32.2. The van der Waals surface area contributed by atoms with E-state index < -0.39 is 0 Å². The Morgan fingerprint density at radius 2 is 2.18 bits per heavy atom. The number of nitrogens with zero attached hydrogens (tertiary/aromatic N) is 1. The van der Waals surface area contributed by atoms with Crippen molar-refractivity contribution in [1.29, 1.82) is 0 Å². The van der Waals surface area contributed by atoms with Gasteiger partial charge in [0.25, 0.3) is 0 Å². The fraction of sp³-hybridized carbons (Fsp3) is 0.231. The maximum absolute atomic E-state index is 12.0. The zero-order chi connectivity index (χ0) is 12.3. The molecule has 2 rings (SSSR count). The molecule has 0 fully saturated rings. The molecule has 0 saturated carbocycles. The second kappa shape index (κ2) is 5.47. The lowest BCUT2D eigenvalue weighted by molar-refractivity contribution is 0.102. The van der Waals surface area contributed by atoms with Crippen molar-refractivity contribution >= 4 is 28.9 Å². The van der Waals surface area contributed by atoms with Crippen molar-refractivity contribution in [2.24, 2.45) is 0 Å². The number of thiazole rings is 1. The van der Waals surface area contributed by atoms with E-state index in [1.807, 2.05) is 37.4 Å². The predicted molar refractivity (Wildman–Crippen MR) is 73.1 cm³/mol. The molecule has 4 heteroatoms. The lowest BCUT2D eigenvalue weighted by atomic mass is 10.0. The monoisotopic (exact) mass is 263 g/mol. The van der Waals surface area contributed by atoms with Gasteiger partial charge in [-0.1, -0.05) is 23.9 Å². The van der Waals surface area contributed by atoms with Crippen molar-refractivity contribution in [2.75, 3.05) is 5.75 Å². The van der Waals surface area contributed by atoms with Gasteiger partial charge in [-0.15, -0.1) is 11.3 Å². The summed E-state index contributed by atoms with van der Waals surface area (Å²) in [5.74, 6) is 0.615. The van der Waals surface area contributed by atoms with Crippen LogP contribution in [0.4, 0.5) is 0 Å². The van der Waals surface area contributed by atoms with Crippen molar-refractivity contribution in [3.8, 4) is 0 Å². The smallest absolute Gasteiger partial charge is 0.173 e. The summed E-state index contributed by atoms with van der Waals surface area (Å²) in [4.78, 5) is 16.1. The van der Waals surface area contributed by atoms with E-state index in [9.17, 15) is 4.79 Å². The Morgan fingerprint density at radius 3 is 2.82 bits per heavy atom. The Bertz CT molecular complexity index is 520. The van der Waals surface area contributed by atoms with Gasteiger partial charge in [0, 0.05) is 17.1 Å². The zero-order valence-electron chi connectivity index (χ0n) is 9.77. The van der Waals surface area contributed by atoms with E-state index >= 15 is 0 Å². The fourth-order valence-electron chi connectivity index (χ4n) is 1.41. The second-order valence-corrected chi connectivity index (χ2v) is 5.93. The maximum atomic E-state index is 12.0. The number of aromatic nitrogens is 1. The number of thioether (sulfide) groups is 1. The minimum absolute atomic E-state index is 0.160. The van der Waals surface area contributed by atoms with Gasteiger partial charge in [0.1, 0.15) is 4.34 Å². The van der Waals surface area contributed by atoms with Crippen molar-refractivity contribution in [3.63, 3.8) is 0 Å². The molecular formula is C13H13NOS2. The van der Waals surface area contributed by atoms with E-state index in [-0.39, 0.29) is 5.78 Å². The first kappa shape index (κ1) is 12.3. The third kappa shape index (κ3) is 3.17. The largest absolute Gasteiger partial charge is 0.293 e. The second-order valence-electron chi connectivity index (χ2n) is 3.81. The van der Waals surface area contributed by atoms with Crippen LogP contribution in [-0.2, 0) is 0 Å². The molecule has 17 heavy (non-hydrogen) atoms. The number of hydrogen-bond acceptors (Lipinski definition) is 4. The van der Waals surface area contributed by atoms with Crippen LogP contribution in [0.1, 0.15) is 21.5 Å². The summed E-state index contributed by atoms with van der Waals surface area (Å²) in [5, 5.41) is 1.92. The van der Waals surface area contributed by atoms with E-state index in [2.05, 4.69) is 4.98 Å². The lowest BCUT2D eigenvalue weighted by Gasteiger charge is -2.03. The normalized spacial score (nSPS) is 10.5. The Labute approximate surface area is 109 Å². The number of carbonyl (C=O) groups is 1. The number of benzene rings is 1. The van der Waals surface area contributed by atoms with Crippen molar-refractivity contribution in [3.05, 3.63) is 46.5 Å². The molecule has 0 saturated heterocycles. The van der Waals surface area contributed by atoms with Crippen LogP contribution in [0, 0.1) is 13.8 Å². The lowest BCUT2D eigenvalue weighted by Crippen LogP contribution is -2.02. The third-order valence-electron chi connectivity index (χ3n) is 2.57. The molecule has 0 spiro atoms. The van der Waals surface area contributed by atoms with Gasteiger partial charge in [0.15, 0.2) is 5.78 Å². The Kier molecular flexibility index (Phi) is 3.97. The average Bonchev–Trinajstić information content (AvgIpc) is 2.82. The van der Waals surface area contributed by atoms with Gasteiger partial charge in [-0.25, -0.2) is 4.98 Å². The number of carbonyl (C=O) groups excluding carboxylic acids is 1. The molecule has 0 bridgehead atoms. The number of ketones is 1.